The first-order valence-electron chi connectivity index (χ1n) is 12.6. The van der Waals surface area contributed by atoms with Crippen molar-refractivity contribution in [2.24, 2.45) is 17.3 Å². The van der Waals surface area contributed by atoms with Crippen LogP contribution in [0, 0.1) is 17.3 Å². The van der Waals surface area contributed by atoms with Gasteiger partial charge in [0.2, 0.25) is 0 Å². The molecule has 2 saturated carbocycles. The van der Waals surface area contributed by atoms with E-state index in [4.69, 9.17) is 0 Å². The zero-order chi connectivity index (χ0) is 22.2. The summed E-state index contributed by atoms with van der Waals surface area (Å²) in [6.45, 7) is 4.89. The number of ketones is 1. The second-order valence-electron chi connectivity index (χ2n) is 11.1. The summed E-state index contributed by atoms with van der Waals surface area (Å²) < 4.78 is 0. The highest BCUT2D eigenvalue weighted by Gasteiger charge is 2.58. The third kappa shape index (κ3) is 4.05. The van der Waals surface area contributed by atoms with Crippen LogP contribution in [0.25, 0.3) is 0 Å². The van der Waals surface area contributed by atoms with Crippen LogP contribution in [-0.2, 0) is 9.59 Å². The Kier molecular flexibility index (Phi) is 6.49. The van der Waals surface area contributed by atoms with Gasteiger partial charge in [0.1, 0.15) is 5.54 Å². The van der Waals surface area contributed by atoms with Crippen LogP contribution in [0.5, 0.6) is 0 Å². The maximum absolute atomic E-state index is 13.4. The number of carbonyl (C=O) groups is 3. The van der Waals surface area contributed by atoms with E-state index in [9.17, 15) is 14.4 Å². The second kappa shape index (κ2) is 8.84. The fourth-order valence-corrected chi connectivity index (χ4v) is 7.03. The molecule has 4 atom stereocenters. The predicted molar refractivity (Wildman–Crippen MR) is 121 cm³/mol. The molecule has 174 valence electrons. The lowest BCUT2D eigenvalue weighted by atomic mass is 9.76. The number of carbonyl (C=O) groups excluding carboxylic acids is 3. The van der Waals surface area contributed by atoms with Crippen molar-refractivity contribution in [3.05, 3.63) is 0 Å². The van der Waals surface area contributed by atoms with Crippen molar-refractivity contribution in [3.8, 4) is 0 Å². The number of rotatable bonds is 4. The molecule has 2 aliphatic heterocycles. The van der Waals surface area contributed by atoms with Crippen LogP contribution in [0.15, 0.2) is 0 Å². The average Bonchev–Trinajstić information content (AvgIpc) is 3.43. The number of hydrogen-bond donors (Lipinski definition) is 1. The number of likely N-dealkylation sites (N-methyl/N-ethyl adjacent to an activating group) is 1. The largest absolute Gasteiger partial charge is 0.327 e. The molecule has 3 amide bonds. The molecule has 2 aliphatic carbocycles. The monoisotopic (exact) mass is 431 g/mol. The molecule has 2 heterocycles. The molecule has 4 aliphatic rings. The molecule has 2 saturated heterocycles. The van der Waals surface area contributed by atoms with Crippen molar-refractivity contribution in [1.82, 2.24) is 15.1 Å². The van der Waals surface area contributed by atoms with Crippen molar-refractivity contribution in [2.45, 2.75) is 102 Å². The highest BCUT2D eigenvalue weighted by molar-refractivity contribution is 6.09. The maximum Gasteiger partial charge on any atom is 0.327 e. The molecule has 4 fully saturated rings. The molecule has 1 spiro atoms. The van der Waals surface area contributed by atoms with Gasteiger partial charge < -0.3 is 10.2 Å². The third-order valence-corrected chi connectivity index (χ3v) is 9.20. The minimum atomic E-state index is -0.824. The van der Waals surface area contributed by atoms with Crippen LogP contribution in [0.3, 0.4) is 0 Å². The van der Waals surface area contributed by atoms with Gasteiger partial charge in [0.05, 0.1) is 12.6 Å². The van der Waals surface area contributed by atoms with Crippen molar-refractivity contribution in [3.63, 3.8) is 0 Å². The maximum atomic E-state index is 13.4. The number of imide groups is 1. The van der Waals surface area contributed by atoms with Crippen molar-refractivity contribution >= 4 is 17.7 Å². The van der Waals surface area contributed by atoms with Gasteiger partial charge in [0.15, 0.2) is 5.78 Å². The smallest absolute Gasteiger partial charge is 0.313 e. The first kappa shape index (κ1) is 22.8. The van der Waals surface area contributed by atoms with Gasteiger partial charge in [-0.1, -0.05) is 58.3 Å². The van der Waals surface area contributed by atoms with Crippen LogP contribution < -0.4 is 5.32 Å². The van der Waals surface area contributed by atoms with E-state index in [1.54, 1.807) is 11.9 Å². The van der Waals surface area contributed by atoms with Crippen molar-refractivity contribution < 1.29 is 14.4 Å². The normalized spacial score (nSPS) is 36.7. The third-order valence-electron chi connectivity index (χ3n) is 9.20. The summed E-state index contributed by atoms with van der Waals surface area (Å²) >= 11 is 0. The molecule has 4 rings (SSSR count). The van der Waals surface area contributed by atoms with E-state index in [1.165, 1.54) is 56.3 Å². The Morgan fingerprint density at radius 1 is 1.03 bits per heavy atom. The molecule has 0 aromatic rings. The topological polar surface area (TPSA) is 69.7 Å². The lowest BCUT2D eigenvalue weighted by molar-refractivity contribution is -0.138. The molecular formula is C25H41N3O3. The van der Waals surface area contributed by atoms with E-state index in [2.05, 4.69) is 12.2 Å². The summed E-state index contributed by atoms with van der Waals surface area (Å²) in [4.78, 5) is 42.5. The molecule has 6 heteroatoms. The van der Waals surface area contributed by atoms with Crippen LogP contribution in [0.2, 0.25) is 0 Å². The Bertz CT molecular complexity index is 713. The Hall–Kier alpha value is -1.43. The van der Waals surface area contributed by atoms with E-state index in [1.807, 2.05) is 6.92 Å². The van der Waals surface area contributed by atoms with Gasteiger partial charge in [0.25, 0.3) is 5.91 Å². The Balaban J connectivity index is 1.42. The minimum absolute atomic E-state index is 0.00410. The summed E-state index contributed by atoms with van der Waals surface area (Å²) in [6, 6.07) is -0.543. The first-order valence-corrected chi connectivity index (χ1v) is 12.6. The number of nitrogens with zero attached hydrogens (tertiary/aromatic N) is 2. The minimum Gasteiger partial charge on any atom is -0.313 e. The lowest BCUT2D eigenvalue weighted by Gasteiger charge is -2.36. The Morgan fingerprint density at radius 3 is 2.29 bits per heavy atom. The Labute approximate surface area is 187 Å². The van der Waals surface area contributed by atoms with Gasteiger partial charge in [-0.3, -0.25) is 14.5 Å². The molecule has 0 aromatic heterocycles. The predicted octanol–water partition coefficient (Wildman–Crippen LogP) is 4.13. The molecule has 4 unspecified atom stereocenters. The number of nitrogens with one attached hydrogen (secondary N) is 1. The highest BCUT2D eigenvalue weighted by atomic mass is 16.2. The quantitative estimate of drug-likeness (QED) is 0.680. The molecule has 31 heavy (non-hydrogen) atoms. The molecule has 6 nitrogen and oxygen atoms in total. The first-order chi connectivity index (χ1) is 14.8. The van der Waals surface area contributed by atoms with Gasteiger partial charge in [-0.25, -0.2) is 4.79 Å². The highest BCUT2D eigenvalue weighted by Crippen LogP contribution is 2.45. The van der Waals surface area contributed by atoms with E-state index < -0.39 is 5.54 Å². The van der Waals surface area contributed by atoms with Crippen LogP contribution >= 0.6 is 0 Å². The Morgan fingerprint density at radius 2 is 1.68 bits per heavy atom. The SMILES string of the molecule is CC1CCCC1C1(C)C(=O)N(CC(=O)C2CC3(CCCCCCCC3)CN2)C(=O)N1C. The molecule has 1 N–H and O–H groups in total. The fraction of sp³-hybridized carbons (Fsp3) is 0.880. The van der Waals surface area contributed by atoms with E-state index in [-0.39, 0.29) is 41.6 Å². The standard InChI is InChI=1S/C25H41N3O3/c1-18-11-10-12-19(18)24(2)22(30)28(23(31)27(24)3)16-21(29)20-15-25(17-26-20)13-8-6-4-5-7-9-14-25/h18-20,26H,4-17H2,1-3H3. The van der Waals surface area contributed by atoms with E-state index in [0.29, 0.717) is 5.92 Å². The lowest BCUT2D eigenvalue weighted by Crippen LogP contribution is -2.52. The number of hydrogen-bond acceptors (Lipinski definition) is 4. The van der Waals surface area contributed by atoms with Crippen LogP contribution in [0.1, 0.15) is 90.9 Å². The zero-order valence-corrected chi connectivity index (χ0v) is 19.8. The van der Waals surface area contributed by atoms with Crippen LogP contribution in [0.4, 0.5) is 4.79 Å². The molecular weight excluding hydrogens is 390 g/mol. The molecule has 0 bridgehead atoms. The average molecular weight is 432 g/mol. The fourth-order valence-electron chi connectivity index (χ4n) is 7.03. The zero-order valence-electron chi connectivity index (χ0n) is 19.8. The van der Waals surface area contributed by atoms with Crippen molar-refractivity contribution in [2.75, 3.05) is 20.1 Å². The van der Waals surface area contributed by atoms with Gasteiger partial charge >= 0.3 is 6.03 Å². The second-order valence-corrected chi connectivity index (χ2v) is 11.1. The van der Waals surface area contributed by atoms with E-state index >= 15 is 0 Å². The summed E-state index contributed by atoms with van der Waals surface area (Å²) in [6.07, 6.45) is 14.1. The number of Topliss-reactive ketones (excluding diaryl/α,β-unsaturated/α-hetero) is 1. The molecule has 0 aromatic carbocycles. The van der Waals surface area contributed by atoms with Crippen LogP contribution in [-0.4, -0.2) is 59.2 Å². The summed E-state index contributed by atoms with van der Waals surface area (Å²) in [5.41, 5.74) is -0.607. The van der Waals surface area contributed by atoms with E-state index in [0.717, 1.165) is 32.2 Å². The molecule has 0 radical (unpaired) electrons. The van der Waals surface area contributed by atoms with Gasteiger partial charge in [0, 0.05) is 13.6 Å². The van der Waals surface area contributed by atoms with Crippen molar-refractivity contribution in [1.29, 1.82) is 0 Å². The van der Waals surface area contributed by atoms with Gasteiger partial charge in [-0.15, -0.1) is 0 Å². The summed E-state index contributed by atoms with van der Waals surface area (Å²) in [5, 5.41) is 3.47. The van der Waals surface area contributed by atoms with Gasteiger partial charge in [-0.2, -0.15) is 0 Å². The summed E-state index contributed by atoms with van der Waals surface area (Å²) in [7, 11) is 1.73. The summed E-state index contributed by atoms with van der Waals surface area (Å²) in [5.74, 6) is 0.401. The van der Waals surface area contributed by atoms with Gasteiger partial charge in [-0.05, 0) is 49.9 Å². The number of amides is 3. The number of urea groups is 1.